The standard InChI is InChI=1S/C23H21Cl3N2O4/c1-13-3-5-15(6-4-13)28-22(29)12-32-21-10-17(24)14(7-20(21)31-2)11-27-16-8-18(25)23(30)19(26)9-16/h3-10,27,30H,11-12H2,1-2H3,(H,28,29). The summed E-state index contributed by atoms with van der Waals surface area (Å²) in [5, 5.41) is 16.3. The van der Waals surface area contributed by atoms with Crippen LogP contribution in [0.4, 0.5) is 11.4 Å². The summed E-state index contributed by atoms with van der Waals surface area (Å²) in [7, 11) is 1.50. The van der Waals surface area contributed by atoms with Crippen LogP contribution in [-0.2, 0) is 11.3 Å². The number of aryl methyl sites for hydroxylation is 1. The lowest BCUT2D eigenvalue weighted by atomic mass is 10.2. The number of rotatable bonds is 8. The van der Waals surface area contributed by atoms with Crippen molar-refractivity contribution in [3.63, 3.8) is 0 Å². The lowest BCUT2D eigenvalue weighted by Crippen LogP contribution is -2.20. The van der Waals surface area contributed by atoms with Gasteiger partial charge in [0.05, 0.1) is 17.2 Å². The van der Waals surface area contributed by atoms with E-state index < -0.39 is 0 Å². The highest BCUT2D eigenvalue weighted by atomic mass is 35.5. The van der Waals surface area contributed by atoms with Crippen molar-refractivity contribution in [2.45, 2.75) is 13.5 Å². The van der Waals surface area contributed by atoms with Crippen molar-refractivity contribution >= 4 is 52.1 Å². The normalized spacial score (nSPS) is 10.5. The van der Waals surface area contributed by atoms with Gasteiger partial charge in [-0.25, -0.2) is 0 Å². The van der Waals surface area contributed by atoms with Gasteiger partial charge in [0.2, 0.25) is 0 Å². The predicted molar refractivity (Wildman–Crippen MR) is 129 cm³/mol. The van der Waals surface area contributed by atoms with Gasteiger partial charge in [-0.05, 0) is 42.8 Å². The van der Waals surface area contributed by atoms with Gasteiger partial charge in [0.15, 0.2) is 23.9 Å². The smallest absolute Gasteiger partial charge is 0.262 e. The third-order valence-electron chi connectivity index (χ3n) is 4.53. The molecule has 0 aliphatic rings. The Morgan fingerprint density at radius 1 is 0.938 bits per heavy atom. The number of benzene rings is 3. The minimum Gasteiger partial charge on any atom is -0.505 e. The van der Waals surface area contributed by atoms with Crippen molar-refractivity contribution in [1.29, 1.82) is 0 Å². The highest BCUT2D eigenvalue weighted by Gasteiger charge is 2.13. The molecular formula is C23H21Cl3N2O4. The van der Waals surface area contributed by atoms with Gasteiger partial charge < -0.3 is 25.2 Å². The van der Waals surface area contributed by atoms with Gasteiger partial charge in [-0.2, -0.15) is 0 Å². The summed E-state index contributed by atoms with van der Waals surface area (Å²) in [4.78, 5) is 12.2. The lowest BCUT2D eigenvalue weighted by Gasteiger charge is -2.15. The first kappa shape index (κ1) is 23.9. The molecule has 9 heteroatoms. The van der Waals surface area contributed by atoms with Crippen LogP contribution in [0.15, 0.2) is 48.5 Å². The van der Waals surface area contributed by atoms with Gasteiger partial charge in [-0.1, -0.05) is 52.5 Å². The zero-order chi connectivity index (χ0) is 23.3. The maximum absolute atomic E-state index is 12.2. The second-order valence-electron chi connectivity index (χ2n) is 6.94. The Morgan fingerprint density at radius 2 is 1.59 bits per heavy atom. The van der Waals surface area contributed by atoms with E-state index in [0.717, 1.165) is 11.1 Å². The molecule has 3 aromatic carbocycles. The third-order valence-corrected chi connectivity index (χ3v) is 5.45. The predicted octanol–water partition coefficient (Wildman–Crippen LogP) is 6.30. The summed E-state index contributed by atoms with van der Waals surface area (Å²) in [6.07, 6.45) is 0. The van der Waals surface area contributed by atoms with Crippen molar-refractivity contribution in [2.75, 3.05) is 24.4 Å². The molecule has 0 aliphatic carbocycles. The number of anilines is 2. The molecule has 0 bridgehead atoms. The Balaban J connectivity index is 1.65. The highest BCUT2D eigenvalue weighted by Crippen LogP contribution is 2.36. The van der Waals surface area contributed by atoms with Crippen molar-refractivity contribution in [2.24, 2.45) is 0 Å². The maximum atomic E-state index is 12.2. The first-order valence-electron chi connectivity index (χ1n) is 9.54. The van der Waals surface area contributed by atoms with Crippen LogP contribution < -0.4 is 20.1 Å². The van der Waals surface area contributed by atoms with Crippen LogP contribution in [0, 0.1) is 6.92 Å². The zero-order valence-corrected chi connectivity index (χ0v) is 19.6. The van der Waals surface area contributed by atoms with E-state index in [2.05, 4.69) is 10.6 Å². The molecule has 0 saturated heterocycles. The third kappa shape index (κ3) is 6.13. The molecule has 0 fully saturated rings. The molecule has 0 radical (unpaired) electrons. The Labute approximate surface area is 201 Å². The van der Waals surface area contributed by atoms with Crippen LogP contribution in [0.25, 0.3) is 0 Å². The van der Waals surface area contributed by atoms with Gasteiger partial charge in [0.25, 0.3) is 5.91 Å². The van der Waals surface area contributed by atoms with Crippen molar-refractivity contribution in [3.05, 3.63) is 74.7 Å². The molecule has 0 heterocycles. The Hall–Kier alpha value is -2.80. The number of hydrogen-bond donors (Lipinski definition) is 3. The van der Waals surface area contributed by atoms with Gasteiger partial charge in [-0.15, -0.1) is 0 Å². The van der Waals surface area contributed by atoms with E-state index in [1.165, 1.54) is 7.11 Å². The van der Waals surface area contributed by atoms with Crippen molar-refractivity contribution < 1.29 is 19.4 Å². The first-order chi connectivity index (χ1) is 15.3. The highest BCUT2D eigenvalue weighted by molar-refractivity contribution is 6.37. The average Bonchev–Trinajstić information content (AvgIpc) is 2.76. The fraction of sp³-hybridized carbons (Fsp3) is 0.174. The summed E-state index contributed by atoms with van der Waals surface area (Å²) >= 11 is 18.3. The van der Waals surface area contributed by atoms with E-state index in [9.17, 15) is 9.90 Å². The number of aromatic hydroxyl groups is 1. The second-order valence-corrected chi connectivity index (χ2v) is 8.16. The van der Waals surface area contributed by atoms with Gasteiger partial charge in [0.1, 0.15) is 0 Å². The van der Waals surface area contributed by atoms with Gasteiger partial charge in [-0.3, -0.25) is 4.79 Å². The number of phenolic OH excluding ortho intramolecular Hbond substituents is 1. The molecule has 0 aliphatic heterocycles. The molecule has 3 aromatic rings. The van der Waals surface area contributed by atoms with E-state index in [0.29, 0.717) is 34.4 Å². The molecule has 0 spiro atoms. The average molecular weight is 496 g/mol. The molecule has 0 saturated carbocycles. The number of carbonyl (C=O) groups excluding carboxylic acids is 1. The van der Waals surface area contributed by atoms with Crippen LogP contribution in [0.1, 0.15) is 11.1 Å². The number of carbonyl (C=O) groups is 1. The first-order valence-corrected chi connectivity index (χ1v) is 10.7. The Kier molecular flexibility index (Phi) is 7.96. The van der Waals surface area contributed by atoms with E-state index in [1.54, 1.807) is 24.3 Å². The Bertz CT molecular complexity index is 1100. The molecule has 0 aromatic heterocycles. The molecule has 168 valence electrons. The van der Waals surface area contributed by atoms with E-state index in [1.807, 2.05) is 31.2 Å². The monoisotopic (exact) mass is 494 g/mol. The SMILES string of the molecule is COc1cc(CNc2cc(Cl)c(O)c(Cl)c2)c(Cl)cc1OCC(=O)Nc1ccc(C)cc1. The molecule has 0 unspecified atom stereocenters. The van der Waals surface area contributed by atoms with Crippen molar-refractivity contribution in [1.82, 2.24) is 0 Å². The number of hydrogen-bond acceptors (Lipinski definition) is 5. The minimum absolute atomic E-state index is 0.135. The topological polar surface area (TPSA) is 79.8 Å². The van der Waals surface area contributed by atoms with Crippen LogP contribution in [0.2, 0.25) is 15.1 Å². The summed E-state index contributed by atoms with van der Waals surface area (Å²) in [6.45, 7) is 2.10. The second kappa shape index (κ2) is 10.7. The van der Waals surface area contributed by atoms with Gasteiger partial charge in [0, 0.05) is 29.0 Å². The number of methoxy groups -OCH3 is 1. The van der Waals surface area contributed by atoms with E-state index in [4.69, 9.17) is 44.3 Å². The summed E-state index contributed by atoms with van der Waals surface area (Å²) in [6, 6.07) is 13.9. The zero-order valence-electron chi connectivity index (χ0n) is 17.3. The molecular weight excluding hydrogens is 475 g/mol. The summed E-state index contributed by atoms with van der Waals surface area (Å²) < 4.78 is 11.0. The molecule has 3 rings (SSSR count). The van der Waals surface area contributed by atoms with Gasteiger partial charge >= 0.3 is 0 Å². The fourth-order valence-electron chi connectivity index (χ4n) is 2.83. The number of halogens is 3. The molecule has 1 amide bonds. The lowest BCUT2D eigenvalue weighted by molar-refractivity contribution is -0.118. The van der Waals surface area contributed by atoms with E-state index in [-0.39, 0.29) is 28.3 Å². The fourth-order valence-corrected chi connectivity index (χ4v) is 3.53. The minimum atomic E-state index is -0.307. The molecule has 3 N–H and O–H groups in total. The van der Waals surface area contributed by atoms with E-state index >= 15 is 0 Å². The molecule has 32 heavy (non-hydrogen) atoms. The Morgan fingerprint density at radius 3 is 2.22 bits per heavy atom. The van der Waals surface area contributed by atoms with Crippen LogP contribution in [-0.4, -0.2) is 24.7 Å². The number of nitrogens with one attached hydrogen (secondary N) is 2. The summed E-state index contributed by atoms with van der Waals surface area (Å²) in [5.74, 6) is 0.289. The van der Waals surface area contributed by atoms with Crippen LogP contribution in [0.5, 0.6) is 17.2 Å². The number of phenols is 1. The molecule has 6 nitrogen and oxygen atoms in total. The van der Waals surface area contributed by atoms with Crippen molar-refractivity contribution in [3.8, 4) is 17.2 Å². The number of amides is 1. The number of ether oxygens (including phenoxy) is 2. The molecule has 0 atom stereocenters. The maximum Gasteiger partial charge on any atom is 0.262 e. The quantitative estimate of drug-likeness (QED) is 0.320. The van der Waals surface area contributed by atoms with Crippen LogP contribution in [0.3, 0.4) is 0 Å². The van der Waals surface area contributed by atoms with Crippen LogP contribution >= 0.6 is 34.8 Å². The largest absolute Gasteiger partial charge is 0.505 e. The summed E-state index contributed by atoms with van der Waals surface area (Å²) in [5.41, 5.74) is 3.12.